The first-order valence-electron chi connectivity index (χ1n) is 5.79. The van der Waals surface area contributed by atoms with Gasteiger partial charge in [0.1, 0.15) is 5.75 Å². The molecule has 0 spiro atoms. The van der Waals surface area contributed by atoms with Crippen LogP contribution in [0.15, 0.2) is 54.6 Å². The Balaban J connectivity index is 1.98. The zero-order chi connectivity index (χ0) is 11.7. The molecule has 1 aliphatic heterocycles. The Bertz CT molecular complexity index is 523. The second kappa shape index (κ2) is 4.19. The maximum Gasteiger partial charge on any atom is 0.188 e. The lowest BCUT2D eigenvalue weighted by Gasteiger charge is -2.34. The average molecular weight is 289 g/mol. The maximum atomic E-state index is 6.12. The molecule has 1 atom stereocenters. The van der Waals surface area contributed by atoms with Crippen LogP contribution in [-0.2, 0) is 10.9 Å². The van der Waals surface area contributed by atoms with Crippen LogP contribution in [0.1, 0.15) is 17.5 Å². The Morgan fingerprint density at radius 1 is 0.941 bits per heavy atom. The summed E-state index contributed by atoms with van der Waals surface area (Å²) in [6.07, 6.45) is 1.99. The van der Waals surface area contributed by atoms with Gasteiger partial charge in [0.05, 0.1) is 0 Å². The summed E-state index contributed by atoms with van der Waals surface area (Å²) in [7, 11) is 0. The fraction of sp³-hybridized carbons (Fsp3) is 0.200. The Hall–Kier alpha value is -1.28. The monoisotopic (exact) mass is 288 g/mol. The van der Waals surface area contributed by atoms with E-state index in [9.17, 15) is 0 Å². The number of hydrogen-bond donors (Lipinski definition) is 0. The molecule has 86 valence electrons. The second-order valence-electron chi connectivity index (χ2n) is 4.30. The summed E-state index contributed by atoms with van der Waals surface area (Å²) in [5, 5.41) is 0. The lowest BCUT2D eigenvalue weighted by molar-refractivity contribution is 0.146. The Kier molecular flexibility index (Phi) is 2.67. The van der Waals surface area contributed by atoms with E-state index >= 15 is 0 Å². The molecule has 1 unspecified atom stereocenters. The molecule has 1 aliphatic rings. The molecule has 0 bridgehead atoms. The van der Waals surface area contributed by atoms with Crippen LogP contribution >= 0.6 is 15.9 Å². The van der Waals surface area contributed by atoms with Crippen molar-refractivity contribution in [2.75, 3.05) is 0 Å². The van der Waals surface area contributed by atoms with Crippen molar-refractivity contribution >= 4 is 15.9 Å². The molecular formula is C15H13BrO. The van der Waals surface area contributed by atoms with Crippen molar-refractivity contribution in [3.8, 4) is 5.75 Å². The van der Waals surface area contributed by atoms with Gasteiger partial charge in [-0.1, -0.05) is 48.5 Å². The minimum absolute atomic E-state index is 0.372. The van der Waals surface area contributed by atoms with E-state index in [0.29, 0.717) is 0 Å². The highest BCUT2D eigenvalue weighted by Crippen LogP contribution is 2.43. The van der Waals surface area contributed by atoms with Crippen LogP contribution in [0.4, 0.5) is 0 Å². The number of hydrogen-bond acceptors (Lipinski definition) is 1. The van der Waals surface area contributed by atoms with Crippen LogP contribution in [0.2, 0.25) is 0 Å². The third kappa shape index (κ3) is 1.98. The molecule has 1 nitrogen and oxygen atoms in total. The summed E-state index contributed by atoms with van der Waals surface area (Å²) in [4.78, 5) is 0. The van der Waals surface area contributed by atoms with Gasteiger partial charge < -0.3 is 4.74 Å². The molecule has 0 saturated heterocycles. The van der Waals surface area contributed by atoms with Gasteiger partial charge in [-0.25, -0.2) is 0 Å². The van der Waals surface area contributed by atoms with Crippen LogP contribution in [0.5, 0.6) is 5.75 Å². The van der Waals surface area contributed by atoms with E-state index in [4.69, 9.17) is 4.74 Å². The molecule has 2 heteroatoms. The first-order chi connectivity index (χ1) is 8.28. The van der Waals surface area contributed by atoms with E-state index in [2.05, 4.69) is 40.2 Å². The number of benzene rings is 2. The highest BCUT2D eigenvalue weighted by Gasteiger charge is 2.34. The molecular weight excluding hydrogens is 276 g/mol. The summed E-state index contributed by atoms with van der Waals surface area (Å²) in [6, 6.07) is 18.6. The van der Waals surface area contributed by atoms with Crippen LogP contribution in [0.25, 0.3) is 0 Å². The quantitative estimate of drug-likeness (QED) is 0.713. The normalized spacial score (nSPS) is 22.6. The summed E-state index contributed by atoms with van der Waals surface area (Å²) in [5.74, 6) is 0.986. The summed E-state index contributed by atoms with van der Waals surface area (Å²) >= 11 is 3.75. The summed E-state index contributed by atoms with van der Waals surface area (Å²) < 4.78 is 5.75. The van der Waals surface area contributed by atoms with Crippen molar-refractivity contribution in [3.05, 3.63) is 65.7 Å². The van der Waals surface area contributed by atoms with Crippen molar-refractivity contribution in [2.45, 2.75) is 17.4 Å². The fourth-order valence-electron chi connectivity index (χ4n) is 2.22. The largest absolute Gasteiger partial charge is 0.471 e. The number of fused-ring (bicyclic) bond motifs is 1. The number of alkyl halides is 1. The SMILES string of the molecule is BrC1(c2ccccc2)CCc2ccccc2O1. The van der Waals surface area contributed by atoms with Gasteiger partial charge >= 0.3 is 0 Å². The lowest BCUT2D eigenvalue weighted by Crippen LogP contribution is -2.30. The number of rotatable bonds is 1. The molecule has 17 heavy (non-hydrogen) atoms. The van der Waals surface area contributed by atoms with Crippen LogP contribution in [-0.4, -0.2) is 0 Å². The third-order valence-electron chi connectivity index (χ3n) is 3.17. The van der Waals surface area contributed by atoms with E-state index in [0.717, 1.165) is 18.6 Å². The molecule has 0 aliphatic carbocycles. The van der Waals surface area contributed by atoms with Gasteiger partial charge in [0, 0.05) is 12.0 Å². The van der Waals surface area contributed by atoms with Gasteiger partial charge in [0.15, 0.2) is 4.51 Å². The highest BCUT2D eigenvalue weighted by molar-refractivity contribution is 9.09. The minimum Gasteiger partial charge on any atom is -0.471 e. The van der Waals surface area contributed by atoms with Crippen LogP contribution in [0, 0.1) is 0 Å². The zero-order valence-corrected chi connectivity index (χ0v) is 11.0. The smallest absolute Gasteiger partial charge is 0.188 e. The average Bonchev–Trinajstić information content (AvgIpc) is 2.40. The number of para-hydroxylation sites is 1. The van der Waals surface area contributed by atoms with Gasteiger partial charge in [0.25, 0.3) is 0 Å². The van der Waals surface area contributed by atoms with Gasteiger partial charge in [0.2, 0.25) is 0 Å². The summed E-state index contributed by atoms with van der Waals surface area (Å²) in [5.41, 5.74) is 2.47. The fourth-order valence-corrected chi connectivity index (χ4v) is 2.86. The van der Waals surface area contributed by atoms with Gasteiger partial charge in [-0.15, -0.1) is 0 Å². The van der Waals surface area contributed by atoms with Gasteiger partial charge in [-0.2, -0.15) is 0 Å². The van der Waals surface area contributed by atoms with E-state index in [-0.39, 0.29) is 4.51 Å². The molecule has 2 aromatic carbocycles. The van der Waals surface area contributed by atoms with Crippen molar-refractivity contribution in [3.63, 3.8) is 0 Å². The molecule has 0 aromatic heterocycles. The molecule has 0 saturated carbocycles. The van der Waals surface area contributed by atoms with Crippen LogP contribution in [0.3, 0.4) is 0 Å². The molecule has 0 radical (unpaired) electrons. The number of aryl methyl sites for hydroxylation is 1. The lowest BCUT2D eigenvalue weighted by atomic mass is 9.97. The van der Waals surface area contributed by atoms with Gasteiger partial charge in [-0.3, -0.25) is 0 Å². The highest BCUT2D eigenvalue weighted by atomic mass is 79.9. The predicted molar refractivity (Wildman–Crippen MR) is 72.4 cm³/mol. The zero-order valence-electron chi connectivity index (χ0n) is 9.40. The Morgan fingerprint density at radius 2 is 1.65 bits per heavy atom. The van der Waals surface area contributed by atoms with E-state index in [1.54, 1.807) is 0 Å². The third-order valence-corrected chi connectivity index (χ3v) is 4.18. The first-order valence-corrected chi connectivity index (χ1v) is 6.59. The molecule has 3 rings (SSSR count). The van der Waals surface area contributed by atoms with E-state index in [1.807, 2.05) is 30.3 Å². The molecule has 0 fully saturated rings. The number of halogens is 1. The molecule has 0 N–H and O–H groups in total. The topological polar surface area (TPSA) is 9.23 Å². The van der Waals surface area contributed by atoms with E-state index in [1.165, 1.54) is 11.1 Å². The van der Waals surface area contributed by atoms with Crippen molar-refractivity contribution in [2.24, 2.45) is 0 Å². The van der Waals surface area contributed by atoms with Crippen molar-refractivity contribution in [1.29, 1.82) is 0 Å². The summed E-state index contributed by atoms with van der Waals surface area (Å²) in [6.45, 7) is 0. The van der Waals surface area contributed by atoms with Crippen LogP contribution < -0.4 is 4.74 Å². The second-order valence-corrected chi connectivity index (χ2v) is 5.59. The van der Waals surface area contributed by atoms with Gasteiger partial charge in [-0.05, 0) is 34.0 Å². The molecule has 2 aromatic rings. The molecule has 1 heterocycles. The van der Waals surface area contributed by atoms with Crippen molar-refractivity contribution < 1.29 is 4.74 Å². The molecule has 0 amide bonds. The first kappa shape index (κ1) is 10.8. The van der Waals surface area contributed by atoms with E-state index < -0.39 is 0 Å². The maximum absolute atomic E-state index is 6.12. The predicted octanol–water partition coefficient (Wildman–Crippen LogP) is 4.26. The minimum atomic E-state index is -0.372. The number of ether oxygens (including phenoxy) is 1. The van der Waals surface area contributed by atoms with Crippen molar-refractivity contribution in [1.82, 2.24) is 0 Å². The Morgan fingerprint density at radius 3 is 2.47 bits per heavy atom. The Labute approximate surface area is 110 Å². The standard InChI is InChI=1S/C15H13BrO/c16-15(13-7-2-1-3-8-13)11-10-12-6-4-5-9-14(12)17-15/h1-9H,10-11H2.